The number of halogens is 3. The minimum absolute atomic E-state index is 0.00713. The lowest BCUT2D eigenvalue weighted by molar-refractivity contribution is -0.140. The van der Waals surface area contributed by atoms with Crippen molar-refractivity contribution in [1.29, 1.82) is 0 Å². The Labute approximate surface area is 138 Å². The number of hydrogen-bond donors (Lipinski definition) is 0. The lowest BCUT2D eigenvalue weighted by Gasteiger charge is -2.36. The van der Waals surface area contributed by atoms with Crippen LogP contribution in [0.2, 0.25) is 0 Å². The van der Waals surface area contributed by atoms with Crippen molar-refractivity contribution in [2.24, 2.45) is 0 Å². The molecule has 1 aliphatic heterocycles. The molecule has 1 aromatic rings. The monoisotopic (exact) mass is 346 g/mol. The Hall–Kier alpha value is -1.83. The number of amides is 1. The number of rotatable bonds is 5. The highest BCUT2D eigenvalue weighted by Gasteiger charge is 2.34. The molecule has 2 heterocycles. The molecule has 5 nitrogen and oxygen atoms in total. The Morgan fingerprint density at radius 1 is 1.38 bits per heavy atom. The molecule has 0 unspecified atom stereocenters. The van der Waals surface area contributed by atoms with Gasteiger partial charge in [0.1, 0.15) is 12.1 Å². The molecule has 0 radical (unpaired) electrons. The summed E-state index contributed by atoms with van der Waals surface area (Å²) in [5.41, 5.74) is -2.45. The molecule has 0 spiro atoms. The second kappa shape index (κ2) is 7.83. The Balaban J connectivity index is 2.15. The van der Waals surface area contributed by atoms with Crippen LogP contribution < -0.4 is 5.56 Å². The molecule has 1 aromatic heterocycles. The van der Waals surface area contributed by atoms with Crippen LogP contribution in [0.5, 0.6) is 0 Å². The van der Waals surface area contributed by atoms with E-state index < -0.39 is 17.3 Å². The van der Waals surface area contributed by atoms with E-state index in [2.05, 4.69) is 0 Å². The van der Waals surface area contributed by atoms with Gasteiger partial charge in [-0.2, -0.15) is 13.2 Å². The van der Waals surface area contributed by atoms with Crippen LogP contribution in [-0.2, 0) is 22.3 Å². The summed E-state index contributed by atoms with van der Waals surface area (Å²) in [4.78, 5) is 26.1. The number of alkyl halides is 3. The molecular weight excluding hydrogens is 325 g/mol. The topological polar surface area (TPSA) is 51.5 Å². The average molecular weight is 346 g/mol. The molecule has 0 saturated carbocycles. The van der Waals surface area contributed by atoms with E-state index in [-0.39, 0.29) is 18.5 Å². The van der Waals surface area contributed by atoms with Crippen molar-refractivity contribution >= 4 is 5.91 Å². The van der Waals surface area contributed by atoms with E-state index >= 15 is 0 Å². The first-order chi connectivity index (χ1) is 11.3. The van der Waals surface area contributed by atoms with Gasteiger partial charge in [-0.05, 0) is 37.8 Å². The molecule has 0 aromatic carbocycles. The summed E-state index contributed by atoms with van der Waals surface area (Å²) in [6, 6.07) is 1.87. The molecule has 1 saturated heterocycles. The van der Waals surface area contributed by atoms with Crippen LogP contribution in [-0.4, -0.2) is 41.7 Å². The van der Waals surface area contributed by atoms with Crippen LogP contribution in [0.1, 0.15) is 31.2 Å². The fourth-order valence-corrected chi connectivity index (χ4v) is 3.00. The smallest absolute Gasteiger partial charge is 0.385 e. The third-order valence-electron chi connectivity index (χ3n) is 4.23. The average Bonchev–Trinajstić information content (AvgIpc) is 2.54. The number of likely N-dealkylation sites (tertiary alicyclic amines) is 1. The van der Waals surface area contributed by atoms with Gasteiger partial charge in [-0.15, -0.1) is 0 Å². The summed E-state index contributed by atoms with van der Waals surface area (Å²) < 4.78 is 44.3. The van der Waals surface area contributed by atoms with Gasteiger partial charge in [-0.25, -0.2) is 0 Å². The molecule has 8 heteroatoms. The van der Waals surface area contributed by atoms with Crippen molar-refractivity contribution in [2.45, 2.75) is 44.4 Å². The molecule has 0 N–H and O–H groups in total. The zero-order valence-corrected chi connectivity index (χ0v) is 13.5. The minimum Gasteiger partial charge on any atom is -0.385 e. The van der Waals surface area contributed by atoms with Crippen molar-refractivity contribution in [1.82, 2.24) is 9.47 Å². The van der Waals surface area contributed by atoms with Gasteiger partial charge >= 0.3 is 6.18 Å². The van der Waals surface area contributed by atoms with E-state index in [9.17, 15) is 22.8 Å². The SMILES string of the molecule is COCC[C@@H]1CCCCN1C(=O)Cn1cccc(C(F)(F)F)c1=O. The molecule has 24 heavy (non-hydrogen) atoms. The third-order valence-corrected chi connectivity index (χ3v) is 4.23. The van der Waals surface area contributed by atoms with Gasteiger partial charge in [0.05, 0.1) is 0 Å². The van der Waals surface area contributed by atoms with Crippen LogP contribution >= 0.6 is 0 Å². The zero-order chi connectivity index (χ0) is 17.7. The summed E-state index contributed by atoms with van der Waals surface area (Å²) in [6.45, 7) is 0.686. The predicted octanol–water partition coefficient (Wildman–Crippen LogP) is 2.28. The first-order valence-corrected chi connectivity index (χ1v) is 7.89. The molecule has 1 amide bonds. The summed E-state index contributed by atoms with van der Waals surface area (Å²) in [5.74, 6) is -0.336. The van der Waals surface area contributed by atoms with Gasteiger partial charge in [0.25, 0.3) is 5.56 Å². The van der Waals surface area contributed by atoms with E-state index in [1.807, 2.05) is 0 Å². The van der Waals surface area contributed by atoms with Crippen molar-refractivity contribution in [3.63, 3.8) is 0 Å². The number of piperidine rings is 1. The Kier molecular flexibility index (Phi) is 6.04. The summed E-state index contributed by atoms with van der Waals surface area (Å²) >= 11 is 0. The largest absolute Gasteiger partial charge is 0.421 e. The number of carbonyl (C=O) groups is 1. The maximum Gasteiger partial charge on any atom is 0.421 e. The van der Waals surface area contributed by atoms with Crippen molar-refractivity contribution < 1.29 is 22.7 Å². The standard InChI is InChI=1S/C16H21F3N2O3/c1-24-10-7-12-5-2-3-9-21(12)14(22)11-20-8-4-6-13(15(20)23)16(17,18)19/h4,6,8,12H,2-3,5,7,9-11H2,1H3/t12-/m0/s1. The van der Waals surface area contributed by atoms with Crippen LogP contribution in [0.15, 0.2) is 23.1 Å². The van der Waals surface area contributed by atoms with E-state index in [1.165, 1.54) is 6.20 Å². The first-order valence-electron chi connectivity index (χ1n) is 7.89. The van der Waals surface area contributed by atoms with E-state index in [1.54, 1.807) is 12.0 Å². The van der Waals surface area contributed by atoms with Gasteiger partial charge in [0, 0.05) is 32.5 Å². The number of pyridine rings is 1. The second-order valence-corrected chi connectivity index (χ2v) is 5.87. The number of aromatic nitrogens is 1. The Morgan fingerprint density at radius 2 is 2.12 bits per heavy atom. The normalized spacial score (nSPS) is 18.7. The highest BCUT2D eigenvalue weighted by Crippen LogP contribution is 2.26. The number of nitrogens with zero attached hydrogens (tertiary/aromatic N) is 2. The quantitative estimate of drug-likeness (QED) is 0.822. The summed E-state index contributed by atoms with van der Waals surface area (Å²) in [6.07, 6.45) is -0.139. The highest BCUT2D eigenvalue weighted by molar-refractivity contribution is 5.76. The minimum atomic E-state index is -4.73. The van der Waals surface area contributed by atoms with E-state index in [0.29, 0.717) is 19.6 Å². The highest BCUT2D eigenvalue weighted by atomic mass is 19.4. The van der Waals surface area contributed by atoms with Crippen LogP contribution in [0.3, 0.4) is 0 Å². The third kappa shape index (κ3) is 4.37. The predicted molar refractivity (Wildman–Crippen MR) is 81.5 cm³/mol. The molecule has 2 rings (SSSR count). The van der Waals surface area contributed by atoms with Gasteiger partial charge in [0.2, 0.25) is 5.91 Å². The fraction of sp³-hybridized carbons (Fsp3) is 0.625. The number of methoxy groups -OCH3 is 1. The lowest BCUT2D eigenvalue weighted by atomic mass is 9.99. The maximum atomic E-state index is 12.8. The van der Waals surface area contributed by atoms with Crippen LogP contribution in [0.4, 0.5) is 13.2 Å². The fourth-order valence-electron chi connectivity index (χ4n) is 3.00. The van der Waals surface area contributed by atoms with E-state index in [4.69, 9.17) is 4.74 Å². The number of ether oxygens (including phenoxy) is 1. The molecule has 134 valence electrons. The first kappa shape index (κ1) is 18.5. The Morgan fingerprint density at radius 3 is 2.79 bits per heavy atom. The number of hydrogen-bond acceptors (Lipinski definition) is 3. The van der Waals surface area contributed by atoms with Gasteiger partial charge in [0.15, 0.2) is 0 Å². The van der Waals surface area contributed by atoms with Crippen LogP contribution in [0.25, 0.3) is 0 Å². The molecule has 1 atom stereocenters. The zero-order valence-electron chi connectivity index (χ0n) is 13.5. The van der Waals surface area contributed by atoms with Crippen molar-refractivity contribution in [2.75, 3.05) is 20.3 Å². The van der Waals surface area contributed by atoms with Crippen LogP contribution in [0, 0.1) is 0 Å². The Bertz CT molecular complexity index is 628. The molecule has 1 aliphatic rings. The molecular formula is C16H21F3N2O3. The summed E-state index contributed by atoms with van der Waals surface area (Å²) in [5, 5.41) is 0. The molecule has 0 aliphatic carbocycles. The molecule has 1 fully saturated rings. The maximum absolute atomic E-state index is 12.8. The van der Waals surface area contributed by atoms with E-state index in [0.717, 1.165) is 36.0 Å². The van der Waals surface area contributed by atoms with Gasteiger partial charge < -0.3 is 14.2 Å². The van der Waals surface area contributed by atoms with Crippen molar-refractivity contribution in [3.8, 4) is 0 Å². The summed E-state index contributed by atoms with van der Waals surface area (Å²) in [7, 11) is 1.58. The molecule has 0 bridgehead atoms. The van der Waals surface area contributed by atoms with Crippen molar-refractivity contribution in [3.05, 3.63) is 34.2 Å². The van der Waals surface area contributed by atoms with Gasteiger partial charge in [-0.1, -0.05) is 0 Å². The lowest BCUT2D eigenvalue weighted by Crippen LogP contribution is -2.46. The van der Waals surface area contributed by atoms with Gasteiger partial charge in [-0.3, -0.25) is 9.59 Å². The number of carbonyl (C=O) groups excluding carboxylic acids is 1. The second-order valence-electron chi connectivity index (χ2n) is 5.87.